The number of imidazole rings is 2. The molecule has 0 saturated carbocycles. The first-order valence-corrected chi connectivity index (χ1v) is 19.8. The molecule has 4 amide bonds. The number of rotatable bonds is 6. The maximum Gasteiger partial charge on any atom is 0.407 e. The van der Waals surface area contributed by atoms with Crippen LogP contribution in [-0.2, 0) is 23.8 Å². The van der Waals surface area contributed by atoms with Gasteiger partial charge in [-0.05, 0) is 62.5 Å². The number of carbonyl (C=O) groups is 4. The van der Waals surface area contributed by atoms with Gasteiger partial charge in [-0.3, -0.25) is 9.59 Å². The highest BCUT2D eigenvalue weighted by Gasteiger charge is 2.41. The van der Waals surface area contributed by atoms with Gasteiger partial charge in [0.05, 0.1) is 50.9 Å². The topological polar surface area (TPSA) is 184 Å². The summed E-state index contributed by atoms with van der Waals surface area (Å²) in [7, 11) is 2.51. The zero-order valence-corrected chi connectivity index (χ0v) is 33.8. The number of aromatic nitrogens is 4. The molecule has 15 nitrogen and oxygen atoms in total. The molecule has 4 unspecified atom stereocenters. The van der Waals surface area contributed by atoms with Gasteiger partial charge >= 0.3 is 12.2 Å². The molecule has 4 atom stereocenters. The average Bonchev–Trinajstić information content (AvgIpc) is 4.07. The van der Waals surface area contributed by atoms with Crippen molar-refractivity contribution in [3.8, 4) is 23.7 Å². The molecule has 304 valence electrons. The Balaban J connectivity index is 0.000000973. The fourth-order valence-corrected chi connectivity index (χ4v) is 7.36. The molecule has 4 aliphatic rings. The van der Waals surface area contributed by atoms with Gasteiger partial charge in [-0.2, -0.15) is 0 Å². The Kier molecular flexibility index (Phi) is 15.1. The summed E-state index contributed by atoms with van der Waals surface area (Å²) in [6.07, 6.45) is 9.50. The molecule has 2 bridgehead atoms. The first kappa shape index (κ1) is 42.3. The summed E-state index contributed by atoms with van der Waals surface area (Å²) < 4.78 is 15.4. The number of hydrogen-bond donors (Lipinski definition) is 4. The monoisotopic (exact) mass is 782 g/mol. The number of likely N-dealkylation sites (tertiary alicyclic amines) is 2. The maximum absolute atomic E-state index is 12.8. The summed E-state index contributed by atoms with van der Waals surface area (Å²) in [5.74, 6) is 14.0. The number of amides is 4. The second-order valence-corrected chi connectivity index (χ2v) is 14.1. The molecule has 6 heterocycles. The summed E-state index contributed by atoms with van der Waals surface area (Å²) in [6, 6.07) is 3.51. The standard InChI is InChI=1S/C36H38N8O7.2C3H8/c1-49-35(47)39-19-29(45)43-15-3-5-25(43)33-37-17-23(41-33)11-9-21-7-8-22(32-28-14-13-27(51-28)31(21)32)10-12-24-18-38-34(42-24)26-6-4-16-44(26)30(46)20-40-36(48)50-2;2*1-3-2/h7-8,17-18,25-28H,3-6,13-16,19-20H2,1-2H3,(H,37,41)(H,38,42)(H,39,47)(H,40,48);2*3H2,1-2H3. The zero-order valence-electron chi connectivity index (χ0n) is 33.8. The Labute approximate surface area is 334 Å². The molecule has 3 aromatic rings. The number of alkyl carbamates (subject to hydrolysis) is 2. The molecule has 3 fully saturated rings. The first-order chi connectivity index (χ1) is 27.6. The van der Waals surface area contributed by atoms with Crippen molar-refractivity contribution in [2.45, 2.75) is 103 Å². The van der Waals surface area contributed by atoms with Crippen molar-refractivity contribution in [1.82, 2.24) is 40.4 Å². The van der Waals surface area contributed by atoms with E-state index >= 15 is 0 Å². The highest BCUT2D eigenvalue weighted by molar-refractivity contribution is 5.83. The minimum absolute atomic E-state index is 0.0386. The molecule has 0 aliphatic carbocycles. The number of nitrogens with one attached hydrogen (secondary N) is 4. The van der Waals surface area contributed by atoms with E-state index in [0.29, 0.717) is 36.1 Å². The van der Waals surface area contributed by atoms with Crippen molar-refractivity contribution in [3.05, 3.63) is 69.8 Å². The van der Waals surface area contributed by atoms with E-state index in [1.54, 1.807) is 22.2 Å². The summed E-state index contributed by atoms with van der Waals surface area (Å²) in [4.78, 5) is 67.4. The average molecular weight is 783 g/mol. The van der Waals surface area contributed by atoms with E-state index in [0.717, 1.165) is 60.8 Å². The van der Waals surface area contributed by atoms with Crippen molar-refractivity contribution >= 4 is 24.0 Å². The predicted octanol–water partition coefficient (Wildman–Crippen LogP) is 5.71. The summed E-state index contributed by atoms with van der Waals surface area (Å²) in [5.41, 5.74) is 5.17. The number of nitrogens with zero attached hydrogens (tertiary/aromatic N) is 4. The van der Waals surface area contributed by atoms with Crippen LogP contribution >= 0.6 is 0 Å². The first-order valence-electron chi connectivity index (χ1n) is 19.8. The third-order valence-electron chi connectivity index (χ3n) is 9.72. The van der Waals surface area contributed by atoms with Gasteiger partial charge < -0.3 is 44.6 Å². The number of ether oxygens (including phenoxy) is 3. The zero-order chi connectivity index (χ0) is 40.9. The molecular formula is C42H54N8O7. The fourth-order valence-electron chi connectivity index (χ4n) is 7.36. The van der Waals surface area contributed by atoms with Crippen LogP contribution in [0, 0.1) is 23.7 Å². The lowest BCUT2D eigenvalue weighted by molar-refractivity contribution is -0.132. The SMILES string of the molecule is CCC.CCC.COC(=O)NCC(=O)N1CCCC1c1ncc(C#Cc2ccc(C#Cc3cnc(C4CCCN4C(=O)CNC(=O)OC)[nH]3)c3c2C2CCC3O2)[nH]1. The molecule has 7 rings (SSSR count). The van der Waals surface area contributed by atoms with Gasteiger partial charge in [0.25, 0.3) is 0 Å². The Morgan fingerprint density at radius 2 is 1.11 bits per heavy atom. The summed E-state index contributed by atoms with van der Waals surface area (Å²) in [5, 5.41) is 4.89. The molecular weight excluding hydrogens is 729 g/mol. The lowest BCUT2D eigenvalue weighted by atomic mass is 9.85. The van der Waals surface area contributed by atoms with Gasteiger partial charge in [0, 0.05) is 35.3 Å². The Hall–Kier alpha value is -5.80. The van der Waals surface area contributed by atoms with Crippen molar-refractivity contribution in [3.63, 3.8) is 0 Å². The van der Waals surface area contributed by atoms with E-state index in [9.17, 15) is 19.2 Å². The van der Waals surface area contributed by atoms with E-state index in [-0.39, 0.29) is 49.2 Å². The molecule has 15 heteroatoms. The van der Waals surface area contributed by atoms with Crippen molar-refractivity contribution in [2.75, 3.05) is 40.4 Å². The minimum atomic E-state index is -0.650. The van der Waals surface area contributed by atoms with Crippen LogP contribution in [0.5, 0.6) is 0 Å². The summed E-state index contributed by atoms with van der Waals surface area (Å²) in [6.45, 7) is 9.37. The number of fused-ring (bicyclic) bond motifs is 5. The second-order valence-electron chi connectivity index (χ2n) is 14.1. The molecule has 2 aromatic heterocycles. The third-order valence-corrected chi connectivity index (χ3v) is 9.72. The minimum Gasteiger partial charge on any atom is -0.453 e. The predicted molar refractivity (Wildman–Crippen MR) is 211 cm³/mol. The van der Waals surface area contributed by atoms with Crippen LogP contribution < -0.4 is 10.6 Å². The highest BCUT2D eigenvalue weighted by atomic mass is 16.5. The van der Waals surface area contributed by atoms with Crippen LogP contribution in [0.25, 0.3) is 0 Å². The van der Waals surface area contributed by atoms with E-state index in [1.165, 1.54) is 27.1 Å². The van der Waals surface area contributed by atoms with Crippen molar-refractivity contribution in [2.24, 2.45) is 0 Å². The quantitative estimate of drug-likeness (QED) is 0.228. The van der Waals surface area contributed by atoms with Gasteiger partial charge in [0.2, 0.25) is 11.8 Å². The molecule has 0 spiro atoms. The second kappa shape index (κ2) is 20.4. The number of carbonyl (C=O) groups excluding carboxylic acids is 4. The smallest absolute Gasteiger partial charge is 0.407 e. The maximum atomic E-state index is 12.8. The Morgan fingerprint density at radius 1 is 0.702 bits per heavy atom. The fraction of sp³-hybridized carbons (Fsp3) is 0.524. The highest BCUT2D eigenvalue weighted by Crippen LogP contribution is 2.52. The Morgan fingerprint density at radius 3 is 1.49 bits per heavy atom. The molecule has 1 aromatic carbocycles. The van der Waals surface area contributed by atoms with Crippen molar-refractivity contribution < 1.29 is 33.4 Å². The number of methoxy groups -OCH3 is 2. The van der Waals surface area contributed by atoms with Gasteiger partial charge in [0.15, 0.2) is 0 Å². The third kappa shape index (κ3) is 10.3. The van der Waals surface area contributed by atoms with Crippen LogP contribution in [0.3, 0.4) is 0 Å². The number of hydrogen-bond acceptors (Lipinski definition) is 9. The summed E-state index contributed by atoms with van der Waals surface area (Å²) >= 11 is 0. The lowest BCUT2D eigenvalue weighted by Crippen LogP contribution is -2.40. The van der Waals surface area contributed by atoms with Crippen LogP contribution in [0.15, 0.2) is 24.5 Å². The van der Waals surface area contributed by atoms with Gasteiger partial charge in [-0.1, -0.05) is 52.4 Å². The normalized spacial score (nSPS) is 19.7. The van der Waals surface area contributed by atoms with Crippen LogP contribution in [-0.4, -0.2) is 94.1 Å². The van der Waals surface area contributed by atoms with E-state index in [1.807, 2.05) is 12.1 Å². The van der Waals surface area contributed by atoms with Crippen LogP contribution in [0.2, 0.25) is 0 Å². The van der Waals surface area contributed by atoms with Crippen LogP contribution in [0.1, 0.15) is 149 Å². The molecule has 4 N–H and O–H groups in total. The number of benzene rings is 1. The van der Waals surface area contributed by atoms with E-state index in [4.69, 9.17) is 4.74 Å². The van der Waals surface area contributed by atoms with Gasteiger partial charge in [-0.15, -0.1) is 0 Å². The lowest BCUT2D eigenvalue weighted by Gasteiger charge is -2.23. The van der Waals surface area contributed by atoms with Gasteiger partial charge in [0.1, 0.15) is 36.1 Å². The largest absolute Gasteiger partial charge is 0.453 e. The van der Waals surface area contributed by atoms with Gasteiger partial charge in [-0.25, -0.2) is 19.6 Å². The Bertz CT molecular complexity index is 1880. The van der Waals surface area contributed by atoms with E-state index in [2.05, 4.69) is 91.4 Å². The molecule has 4 aliphatic heterocycles. The van der Waals surface area contributed by atoms with Crippen LogP contribution in [0.4, 0.5) is 9.59 Å². The van der Waals surface area contributed by atoms with Crippen molar-refractivity contribution in [1.29, 1.82) is 0 Å². The molecule has 57 heavy (non-hydrogen) atoms. The number of aromatic amines is 2. The van der Waals surface area contributed by atoms with E-state index < -0.39 is 12.2 Å². The molecule has 3 saturated heterocycles. The molecule has 0 radical (unpaired) electrons. The number of H-pyrrole nitrogens is 2.